The van der Waals surface area contributed by atoms with E-state index in [2.05, 4.69) is 43.2 Å². The Labute approximate surface area is 130 Å². The SMILES string of the molecule is CCNC1(C(=O)OC)CCCC(N(C)CCCN(C)C)C1. The fourth-order valence-corrected chi connectivity index (χ4v) is 3.39. The van der Waals surface area contributed by atoms with E-state index in [0.29, 0.717) is 6.04 Å². The van der Waals surface area contributed by atoms with Crippen LogP contribution in [0.2, 0.25) is 0 Å². The van der Waals surface area contributed by atoms with Gasteiger partial charge in [-0.1, -0.05) is 6.92 Å². The van der Waals surface area contributed by atoms with Gasteiger partial charge in [0, 0.05) is 6.04 Å². The van der Waals surface area contributed by atoms with Crippen molar-refractivity contribution in [3.05, 3.63) is 0 Å². The zero-order valence-electron chi connectivity index (χ0n) is 14.4. The summed E-state index contributed by atoms with van der Waals surface area (Å²) in [6.45, 7) is 5.03. The number of methoxy groups -OCH3 is 1. The van der Waals surface area contributed by atoms with E-state index < -0.39 is 5.54 Å². The van der Waals surface area contributed by atoms with Crippen LogP contribution < -0.4 is 5.32 Å². The van der Waals surface area contributed by atoms with Gasteiger partial charge < -0.3 is 19.9 Å². The van der Waals surface area contributed by atoms with Gasteiger partial charge in [0.15, 0.2) is 0 Å². The van der Waals surface area contributed by atoms with Crippen molar-refractivity contribution in [3.63, 3.8) is 0 Å². The number of esters is 1. The number of likely N-dealkylation sites (N-methyl/N-ethyl adjacent to an activating group) is 1. The van der Waals surface area contributed by atoms with Crippen molar-refractivity contribution >= 4 is 5.97 Å². The molecule has 5 heteroatoms. The van der Waals surface area contributed by atoms with Crippen LogP contribution >= 0.6 is 0 Å². The van der Waals surface area contributed by atoms with Crippen molar-refractivity contribution in [3.8, 4) is 0 Å². The van der Waals surface area contributed by atoms with Crippen LogP contribution in [0, 0.1) is 0 Å². The second-order valence-corrected chi connectivity index (χ2v) is 6.49. The molecule has 0 aromatic carbocycles. The predicted octanol–water partition coefficient (Wildman–Crippen LogP) is 1.33. The quantitative estimate of drug-likeness (QED) is 0.685. The molecule has 1 aliphatic carbocycles. The Balaban J connectivity index is 2.61. The van der Waals surface area contributed by atoms with Gasteiger partial charge in [0.05, 0.1) is 7.11 Å². The number of ether oxygens (including phenoxy) is 1. The van der Waals surface area contributed by atoms with Gasteiger partial charge in [-0.25, -0.2) is 0 Å². The number of carbonyl (C=O) groups excluding carboxylic acids is 1. The van der Waals surface area contributed by atoms with E-state index in [4.69, 9.17) is 4.74 Å². The molecular weight excluding hydrogens is 266 g/mol. The van der Waals surface area contributed by atoms with E-state index in [-0.39, 0.29) is 5.97 Å². The Kier molecular flexibility index (Phi) is 7.63. The summed E-state index contributed by atoms with van der Waals surface area (Å²) >= 11 is 0. The zero-order chi connectivity index (χ0) is 15.9. The molecule has 1 N–H and O–H groups in total. The average Bonchev–Trinajstić information content (AvgIpc) is 2.46. The average molecular weight is 299 g/mol. The number of carbonyl (C=O) groups is 1. The van der Waals surface area contributed by atoms with E-state index in [1.807, 2.05) is 0 Å². The fraction of sp³-hybridized carbons (Fsp3) is 0.938. The summed E-state index contributed by atoms with van der Waals surface area (Å²) in [5, 5.41) is 3.40. The third-order valence-corrected chi connectivity index (χ3v) is 4.56. The molecule has 21 heavy (non-hydrogen) atoms. The van der Waals surface area contributed by atoms with Gasteiger partial charge in [0.2, 0.25) is 0 Å². The van der Waals surface area contributed by atoms with Crippen molar-refractivity contribution in [2.75, 3.05) is 47.9 Å². The number of nitrogens with zero attached hydrogens (tertiary/aromatic N) is 2. The van der Waals surface area contributed by atoms with E-state index in [1.165, 1.54) is 13.5 Å². The molecule has 0 heterocycles. The lowest BCUT2D eigenvalue weighted by Crippen LogP contribution is -2.58. The number of rotatable bonds is 8. The largest absolute Gasteiger partial charge is 0.468 e. The van der Waals surface area contributed by atoms with Crippen LogP contribution in [0.3, 0.4) is 0 Å². The molecule has 1 rings (SSSR count). The highest BCUT2D eigenvalue weighted by atomic mass is 16.5. The minimum atomic E-state index is -0.484. The predicted molar refractivity (Wildman–Crippen MR) is 86.5 cm³/mol. The van der Waals surface area contributed by atoms with Gasteiger partial charge in [-0.2, -0.15) is 0 Å². The molecule has 0 aromatic heterocycles. The maximum Gasteiger partial charge on any atom is 0.326 e. The van der Waals surface area contributed by atoms with Gasteiger partial charge in [0.1, 0.15) is 5.54 Å². The zero-order valence-corrected chi connectivity index (χ0v) is 14.4. The smallest absolute Gasteiger partial charge is 0.326 e. The molecule has 0 radical (unpaired) electrons. The topological polar surface area (TPSA) is 44.8 Å². The van der Waals surface area contributed by atoms with Crippen molar-refractivity contribution < 1.29 is 9.53 Å². The van der Waals surface area contributed by atoms with Crippen LogP contribution in [-0.2, 0) is 9.53 Å². The van der Waals surface area contributed by atoms with Crippen molar-refractivity contribution in [2.45, 2.75) is 50.6 Å². The van der Waals surface area contributed by atoms with Gasteiger partial charge >= 0.3 is 5.97 Å². The summed E-state index contributed by atoms with van der Waals surface area (Å²) in [6.07, 6.45) is 5.14. The Hall–Kier alpha value is -0.650. The van der Waals surface area contributed by atoms with Crippen molar-refractivity contribution in [1.82, 2.24) is 15.1 Å². The second-order valence-electron chi connectivity index (χ2n) is 6.49. The van der Waals surface area contributed by atoms with Crippen molar-refractivity contribution in [2.24, 2.45) is 0 Å². The van der Waals surface area contributed by atoms with Gasteiger partial charge in [-0.3, -0.25) is 4.79 Å². The fourth-order valence-electron chi connectivity index (χ4n) is 3.39. The lowest BCUT2D eigenvalue weighted by Gasteiger charge is -2.42. The van der Waals surface area contributed by atoms with Gasteiger partial charge in [0.25, 0.3) is 0 Å². The van der Waals surface area contributed by atoms with Crippen LogP contribution in [-0.4, -0.2) is 75.2 Å². The summed E-state index contributed by atoms with van der Waals surface area (Å²) < 4.78 is 5.06. The monoisotopic (exact) mass is 299 g/mol. The molecule has 2 unspecified atom stereocenters. The Morgan fingerprint density at radius 3 is 2.62 bits per heavy atom. The van der Waals surface area contributed by atoms with E-state index in [1.54, 1.807) is 0 Å². The van der Waals surface area contributed by atoms with Crippen molar-refractivity contribution in [1.29, 1.82) is 0 Å². The summed E-state index contributed by atoms with van der Waals surface area (Å²) in [6, 6.07) is 0.457. The summed E-state index contributed by atoms with van der Waals surface area (Å²) in [4.78, 5) is 16.9. The molecule has 0 aromatic rings. The second kappa shape index (κ2) is 8.71. The molecule has 0 saturated heterocycles. The molecule has 0 spiro atoms. The van der Waals surface area contributed by atoms with Crippen LogP contribution in [0.15, 0.2) is 0 Å². The standard InChI is InChI=1S/C16H33N3O2/c1-6-17-16(15(20)21-5)10-7-9-14(13-16)19(4)12-8-11-18(2)3/h14,17H,6-13H2,1-5H3. The Morgan fingerprint density at radius 1 is 1.33 bits per heavy atom. The van der Waals surface area contributed by atoms with Crippen LogP contribution in [0.5, 0.6) is 0 Å². The third kappa shape index (κ3) is 5.24. The maximum atomic E-state index is 12.2. The number of nitrogens with one attached hydrogen (secondary N) is 1. The molecular formula is C16H33N3O2. The van der Waals surface area contributed by atoms with Gasteiger partial charge in [-0.15, -0.1) is 0 Å². The van der Waals surface area contributed by atoms with E-state index >= 15 is 0 Å². The molecule has 1 aliphatic rings. The van der Waals surface area contributed by atoms with Gasteiger partial charge in [-0.05, 0) is 72.9 Å². The molecule has 5 nitrogen and oxygen atoms in total. The van der Waals surface area contributed by atoms with E-state index in [9.17, 15) is 4.79 Å². The molecule has 0 bridgehead atoms. The van der Waals surface area contributed by atoms with Crippen LogP contribution in [0.25, 0.3) is 0 Å². The summed E-state index contributed by atoms with van der Waals surface area (Å²) in [5.41, 5.74) is -0.484. The number of hydrogen-bond acceptors (Lipinski definition) is 5. The highest BCUT2D eigenvalue weighted by Gasteiger charge is 2.43. The molecule has 0 aliphatic heterocycles. The minimum Gasteiger partial charge on any atom is -0.468 e. The highest BCUT2D eigenvalue weighted by Crippen LogP contribution is 2.32. The lowest BCUT2D eigenvalue weighted by atomic mass is 9.78. The minimum absolute atomic E-state index is 0.101. The van der Waals surface area contributed by atoms with E-state index in [0.717, 1.165) is 45.3 Å². The normalized spacial score (nSPS) is 26.3. The first-order chi connectivity index (χ1) is 9.95. The Morgan fingerprint density at radius 2 is 2.05 bits per heavy atom. The summed E-state index contributed by atoms with van der Waals surface area (Å²) in [7, 11) is 7.88. The number of hydrogen-bond donors (Lipinski definition) is 1. The van der Waals surface area contributed by atoms with Crippen LogP contribution in [0.1, 0.15) is 39.0 Å². The molecule has 124 valence electrons. The molecule has 2 atom stereocenters. The lowest BCUT2D eigenvalue weighted by molar-refractivity contribution is -0.151. The molecule has 1 fully saturated rings. The Bertz CT molecular complexity index is 319. The maximum absolute atomic E-state index is 12.2. The highest BCUT2D eigenvalue weighted by molar-refractivity contribution is 5.81. The summed E-state index contributed by atoms with van der Waals surface area (Å²) in [5.74, 6) is -0.101. The van der Waals surface area contributed by atoms with Crippen LogP contribution in [0.4, 0.5) is 0 Å². The first-order valence-electron chi connectivity index (χ1n) is 8.13. The molecule has 0 amide bonds. The first kappa shape index (κ1) is 18.4. The third-order valence-electron chi connectivity index (χ3n) is 4.56. The first-order valence-corrected chi connectivity index (χ1v) is 8.13. The molecule has 1 saturated carbocycles.